The maximum absolute atomic E-state index is 10.8. The van der Waals surface area contributed by atoms with Crippen molar-refractivity contribution in [3.63, 3.8) is 0 Å². The third-order valence-electron chi connectivity index (χ3n) is 3.99. The number of aliphatic imine (C=N–C) groups is 1. The van der Waals surface area contributed by atoms with Gasteiger partial charge in [-0.2, -0.15) is 0 Å². The van der Waals surface area contributed by atoms with Crippen molar-refractivity contribution >= 4 is 18.3 Å². The Bertz CT molecular complexity index is 791. The second-order valence-electron chi connectivity index (χ2n) is 6.18. The summed E-state index contributed by atoms with van der Waals surface area (Å²) in [7, 11) is 2.98. The summed E-state index contributed by atoms with van der Waals surface area (Å²) in [6.07, 6.45) is 6.84. The first-order valence-corrected chi connectivity index (χ1v) is 8.90. The van der Waals surface area contributed by atoms with E-state index in [2.05, 4.69) is 16.8 Å². The molecule has 150 valence electrons. The number of rotatable bonds is 9. The van der Waals surface area contributed by atoms with Crippen molar-refractivity contribution in [1.82, 2.24) is 4.90 Å². The lowest BCUT2D eigenvalue weighted by Crippen LogP contribution is -2.12. The molecule has 0 saturated heterocycles. The van der Waals surface area contributed by atoms with Gasteiger partial charge in [0.05, 0.1) is 6.54 Å². The molecule has 0 amide bonds. The van der Waals surface area contributed by atoms with Crippen LogP contribution in [0.1, 0.15) is 19.4 Å². The van der Waals surface area contributed by atoms with Crippen LogP contribution >= 0.6 is 0 Å². The molecule has 1 aromatic carbocycles. The molecule has 0 aromatic heterocycles. The first kappa shape index (κ1) is 23.0. The van der Waals surface area contributed by atoms with Crippen molar-refractivity contribution in [1.29, 1.82) is 0 Å². The van der Waals surface area contributed by atoms with Crippen LogP contribution in [0.15, 0.2) is 64.3 Å². The van der Waals surface area contributed by atoms with Crippen LogP contribution in [0, 0.1) is 0 Å². The van der Waals surface area contributed by atoms with Crippen molar-refractivity contribution in [3.8, 4) is 5.75 Å². The van der Waals surface area contributed by atoms with Crippen LogP contribution < -0.4 is 4.74 Å². The minimum atomic E-state index is 0.0475. The van der Waals surface area contributed by atoms with Gasteiger partial charge in [-0.1, -0.05) is 12.1 Å². The highest BCUT2D eigenvalue weighted by atomic mass is 16.5. The van der Waals surface area contributed by atoms with Gasteiger partial charge in [-0.3, -0.25) is 14.6 Å². The minimum Gasteiger partial charge on any atom is -0.486 e. The van der Waals surface area contributed by atoms with Crippen LogP contribution in [-0.4, -0.2) is 55.6 Å². The van der Waals surface area contributed by atoms with Crippen LogP contribution in [0.5, 0.6) is 5.75 Å². The molecule has 0 atom stereocenters. The van der Waals surface area contributed by atoms with Crippen molar-refractivity contribution in [2.75, 3.05) is 27.3 Å². The molecular weight excluding hydrogens is 356 g/mol. The van der Waals surface area contributed by atoms with Gasteiger partial charge in [-0.05, 0) is 54.8 Å². The van der Waals surface area contributed by atoms with Gasteiger partial charge >= 0.3 is 0 Å². The zero-order valence-corrected chi connectivity index (χ0v) is 16.9. The van der Waals surface area contributed by atoms with Crippen LogP contribution in [0.3, 0.4) is 0 Å². The second-order valence-corrected chi connectivity index (χ2v) is 6.18. The number of aliphatic hydroxyl groups excluding tert-OH is 1. The van der Waals surface area contributed by atoms with Gasteiger partial charge in [0.2, 0.25) is 0 Å². The number of hydrogen-bond donors (Lipinski definition) is 1. The molecule has 1 N–H and O–H groups in total. The minimum absolute atomic E-state index is 0.0475. The molecule has 0 bridgehead atoms. The fourth-order valence-electron chi connectivity index (χ4n) is 2.93. The molecule has 6 heteroatoms. The zero-order chi connectivity index (χ0) is 20.9. The van der Waals surface area contributed by atoms with E-state index in [4.69, 9.17) is 9.84 Å². The van der Waals surface area contributed by atoms with E-state index in [0.717, 1.165) is 42.1 Å². The highest BCUT2D eigenvalue weighted by Crippen LogP contribution is 2.24. The molecule has 0 radical (unpaired) electrons. The molecule has 1 aliphatic heterocycles. The molecule has 1 heterocycles. The third-order valence-corrected chi connectivity index (χ3v) is 3.99. The maximum Gasteiger partial charge on any atom is 0.157 e. The van der Waals surface area contributed by atoms with Crippen LogP contribution in [0.25, 0.3) is 0 Å². The molecular formula is C22H28N2O4. The topological polar surface area (TPSA) is 79.2 Å². The predicted molar refractivity (Wildman–Crippen MR) is 112 cm³/mol. The van der Waals surface area contributed by atoms with Gasteiger partial charge < -0.3 is 14.7 Å². The molecule has 0 unspecified atom stereocenters. The van der Waals surface area contributed by atoms with Crippen LogP contribution in [0.4, 0.5) is 0 Å². The third kappa shape index (κ3) is 6.96. The monoisotopic (exact) mass is 384 g/mol. The van der Waals surface area contributed by atoms with Crippen LogP contribution in [0.2, 0.25) is 0 Å². The molecule has 0 spiro atoms. The number of hydrogen-bond acceptors (Lipinski definition) is 6. The summed E-state index contributed by atoms with van der Waals surface area (Å²) in [5, 5.41) is 7.00. The molecule has 0 fully saturated rings. The van der Waals surface area contributed by atoms with Crippen molar-refractivity contribution in [2.24, 2.45) is 4.99 Å². The van der Waals surface area contributed by atoms with Crippen molar-refractivity contribution < 1.29 is 19.4 Å². The van der Waals surface area contributed by atoms with Gasteiger partial charge in [0, 0.05) is 38.2 Å². The Kier molecular flexibility index (Phi) is 10.2. The number of carbonyl (C=O) groups excluding carboxylic acids is 2. The second kappa shape index (κ2) is 12.4. The number of ether oxygens (including phenoxy) is 1. The summed E-state index contributed by atoms with van der Waals surface area (Å²) in [4.78, 5) is 27.7. The molecule has 1 aromatic rings. The summed E-state index contributed by atoms with van der Waals surface area (Å²) in [6.45, 7) is 5.46. The summed E-state index contributed by atoms with van der Waals surface area (Å²) in [5.41, 5.74) is 5.31. The van der Waals surface area contributed by atoms with Crippen LogP contribution in [-0.2, 0) is 16.1 Å². The number of nitrogens with zero attached hydrogens (tertiary/aromatic N) is 2. The van der Waals surface area contributed by atoms with E-state index in [-0.39, 0.29) is 6.61 Å². The molecule has 28 heavy (non-hydrogen) atoms. The van der Waals surface area contributed by atoms with E-state index < -0.39 is 0 Å². The normalized spacial score (nSPS) is 13.8. The summed E-state index contributed by atoms with van der Waals surface area (Å²) in [6, 6.07) is 7.65. The number of aliphatic hydroxyl groups is 1. The Morgan fingerprint density at radius 1 is 1.29 bits per heavy atom. The Morgan fingerprint density at radius 3 is 2.64 bits per heavy atom. The van der Waals surface area contributed by atoms with Crippen molar-refractivity contribution in [2.45, 2.75) is 20.4 Å². The standard InChI is InChI=1S/C21H24N2O3.CH4O/c1-16-13-22-17(2)21(16)19(7-5-9-24)15-23(3)14-18-6-4-8-20(12-18)26-11-10-25;1-2/h4-10,12,15H,11,13-14H2,1-3H3;2H,1H3/b7-5-,19-15+;. The van der Waals surface area contributed by atoms with Crippen molar-refractivity contribution in [3.05, 3.63) is 64.9 Å². The number of carbonyl (C=O) groups is 2. The maximum atomic E-state index is 10.8. The van der Waals surface area contributed by atoms with Gasteiger partial charge in [-0.25, -0.2) is 0 Å². The largest absolute Gasteiger partial charge is 0.486 e. The quantitative estimate of drug-likeness (QED) is 0.402. The van der Waals surface area contributed by atoms with E-state index in [9.17, 15) is 9.59 Å². The van der Waals surface area contributed by atoms with E-state index in [1.807, 2.05) is 50.5 Å². The van der Waals surface area contributed by atoms with Gasteiger partial charge in [0.1, 0.15) is 18.6 Å². The number of allylic oxidation sites excluding steroid dienone is 4. The van der Waals surface area contributed by atoms with E-state index in [1.54, 1.807) is 0 Å². The number of aldehydes is 2. The average Bonchev–Trinajstić information content (AvgIpc) is 3.03. The van der Waals surface area contributed by atoms with Gasteiger partial charge in [-0.15, -0.1) is 0 Å². The lowest BCUT2D eigenvalue weighted by atomic mass is 9.99. The summed E-state index contributed by atoms with van der Waals surface area (Å²) < 4.78 is 5.35. The van der Waals surface area contributed by atoms with E-state index in [0.29, 0.717) is 18.8 Å². The first-order valence-electron chi connectivity index (χ1n) is 8.90. The van der Waals surface area contributed by atoms with Gasteiger partial charge in [0.15, 0.2) is 6.29 Å². The fourth-order valence-corrected chi connectivity index (χ4v) is 2.93. The molecule has 1 aliphatic rings. The summed E-state index contributed by atoms with van der Waals surface area (Å²) >= 11 is 0. The Morgan fingerprint density at radius 2 is 2.04 bits per heavy atom. The highest BCUT2D eigenvalue weighted by Gasteiger charge is 2.16. The lowest BCUT2D eigenvalue weighted by Gasteiger charge is -2.18. The fraction of sp³-hybridized carbons (Fsp3) is 0.318. The molecule has 0 saturated carbocycles. The Hall–Kier alpha value is -2.99. The van der Waals surface area contributed by atoms with Gasteiger partial charge in [0.25, 0.3) is 0 Å². The van der Waals surface area contributed by atoms with E-state index >= 15 is 0 Å². The Labute approximate surface area is 166 Å². The molecule has 0 aliphatic carbocycles. The summed E-state index contributed by atoms with van der Waals surface area (Å²) in [5.74, 6) is 0.672. The first-order chi connectivity index (χ1) is 13.5. The zero-order valence-electron chi connectivity index (χ0n) is 16.9. The molecule has 6 nitrogen and oxygen atoms in total. The highest BCUT2D eigenvalue weighted by molar-refractivity contribution is 6.05. The Balaban J connectivity index is 0.00000190. The smallest absolute Gasteiger partial charge is 0.157 e. The van der Waals surface area contributed by atoms with E-state index in [1.165, 1.54) is 11.6 Å². The number of benzene rings is 1. The SMILES string of the molecule is CC1=NCC(C)=C1C(/C=C\C=O)=C/N(C)Cc1cccc(OCC=O)c1.CO. The molecule has 2 rings (SSSR count). The lowest BCUT2D eigenvalue weighted by molar-refractivity contribution is -0.109. The average molecular weight is 384 g/mol. The predicted octanol–water partition coefficient (Wildman–Crippen LogP) is 2.73.